The highest BCUT2D eigenvalue weighted by molar-refractivity contribution is 5.80. The highest BCUT2D eigenvalue weighted by Crippen LogP contribution is 2.22. The highest BCUT2D eigenvalue weighted by Gasteiger charge is 2.22. The molecule has 0 amide bonds. The molecule has 2 heterocycles. The standard InChI is InChI=1S/C20H25F2N5/c1-3-23-20(25-14-18-15(2)5-4-8-24-18)27-11-9-26(10-12-27)19-13-16(21)6-7-17(19)22/h4-8,13H,3,9-12,14H2,1-2H3,(H,23,25). The van der Waals surface area contributed by atoms with Crippen molar-refractivity contribution < 1.29 is 8.78 Å². The fraction of sp³-hybridized carbons (Fsp3) is 0.400. The Bertz CT molecular complexity index is 801. The summed E-state index contributed by atoms with van der Waals surface area (Å²) in [7, 11) is 0. The summed E-state index contributed by atoms with van der Waals surface area (Å²) in [6, 6.07) is 7.52. The number of hydrogen-bond acceptors (Lipinski definition) is 3. The lowest BCUT2D eigenvalue weighted by atomic mass is 10.2. The van der Waals surface area contributed by atoms with Crippen LogP contribution in [0, 0.1) is 18.6 Å². The number of aryl methyl sites for hydroxylation is 1. The number of hydrogen-bond donors (Lipinski definition) is 1. The molecular formula is C20H25F2N5. The molecule has 144 valence electrons. The average Bonchev–Trinajstić information content (AvgIpc) is 2.68. The molecule has 3 rings (SSSR count). The maximum absolute atomic E-state index is 14.0. The van der Waals surface area contributed by atoms with Gasteiger partial charge in [-0.1, -0.05) is 6.07 Å². The van der Waals surface area contributed by atoms with Crippen molar-refractivity contribution in [1.29, 1.82) is 0 Å². The molecule has 1 aliphatic heterocycles. The Labute approximate surface area is 158 Å². The number of anilines is 1. The minimum Gasteiger partial charge on any atom is -0.366 e. The van der Waals surface area contributed by atoms with Crippen LogP contribution in [0.1, 0.15) is 18.2 Å². The fourth-order valence-electron chi connectivity index (χ4n) is 3.15. The van der Waals surface area contributed by atoms with Crippen LogP contribution >= 0.6 is 0 Å². The molecule has 0 unspecified atom stereocenters. The second-order valence-electron chi connectivity index (χ2n) is 6.51. The number of pyridine rings is 1. The van der Waals surface area contributed by atoms with Crippen LogP contribution in [-0.4, -0.2) is 48.6 Å². The molecular weight excluding hydrogens is 348 g/mol. The number of nitrogens with zero attached hydrogens (tertiary/aromatic N) is 4. The van der Waals surface area contributed by atoms with E-state index in [-0.39, 0.29) is 0 Å². The molecule has 0 atom stereocenters. The molecule has 0 aliphatic carbocycles. The summed E-state index contributed by atoms with van der Waals surface area (Å²) in [4.78, 5) is 13.1. The predicted molar refractivity (Wildman–Crippen MR) is 104 cm³/mol. The molecule has 7 heteroatoms. The van der Waals surface area contributed by atoms with E-state index < -0.39 is 11.6 Å². The van der Waals surface area contributed by atoms with Crippen molar-refractivity contribution in [2.45, 2.75) is 20.4 Å². The number of nitrogens with one attached hydrogen (secondary N) is 1. The first-order valence-electron chi connectivity index (χ1n) is 9.22. The van der Waals surface area contributed by atoms with Gasteiger partial charge in [0.15, 0.2) is 5.96 Å². The minimum atomic E-state index is -0.422. The topological polar surface area (TPSA) is 43.8 Å². The van der Waals surface area contributed by atoms with Gasteiger partial charge in [0.1, 0.15) is 11.6 Å². The van der Waals surface area contributed by atoms with Gasteiger partial charge in [0.2, 0.25) is 0 Å². The molecule has 1 aromatic heterocycles. The first-order chi connectivity index (χ1) is 13.1. The first-order valence-corrected chi connectivity index (χ1v) is 9.22. The summed E-state index contributed by atoms with van der Waals surface area (Å²) in [6.07, 6.45) is 1.77. The van der Waals surface area contributed by atoms with Crippen molar-refractivity contribution in [3.8, 4) is 0 Å². The van der Waals surface area contributed by atoms with Crippen molar-refractivity contribution in [2.24, 2.45) is 4.99 Å². The van der Waals surface area contributed by atoms with E-state index in [0.29, 0.717) is 38.4 Å². The van der Waals surface area contributed by atoms with Gasteiger partial charge in [-0.3, -0.25) is 4.98 Å². The molecule has 1 aromatic carbocycles. The van der Waals surface area contributed by atoms with Gasteiger partial charge in [-0.25, -0.2) is 13.8 Å². The normalized spacial score (nSPS) is 15.2. The SMILES string of the molecule is CCNC(=NCc1ncccc1C)N1CCN(c2cc(F)ccc2F)CC1. The summed E-state index contributed by atoms with van der Waals surface area (Å²) in [5.74, 6) is 0.00688. The fourth-order valence-corrected chi connectivity index (χ4v) is 3.15. The number of benzene rings is 1. The molecule has 0 bridgehead atoms. The van der Waals surface area contributed by atoms with Gasteiger partial charge in [-0.05, 0) is 37.6 Å². The van der Waals surface area contributed by atoms with Crippen LogP contribution in [0.15, 0.2) is 41.5 Å². The molecule has 1 saturated heterocycles. The molecule has 0 radical (unpaired) electrons. The Hall–Kier alpha value is -2.70. The van der Waals surface area contributed by atoms with E-state index in [1.54, 1.807) is 6.20 Å². The third-order valence-corrected chi connectivity index (χ3v) is 4.66. The maximum atomic E-state index is 14.0. The number of piperazine rings is 1. The highest BCUT2D eigenvalue weighted by atomic mass is 19.1. The predicted octanol–water partition coefficient (Wildman–Crippen LogP) is 2.96. The number of guanidine groups is 1. The summed E-state index contributed by atoms with van der Waals surface area (Å²) in [5.41, 5.74) is 2.39. The third-order valence-electron chi connectivity index (χ3n) is 4.66. The van der Waals surface area contributed by atoms with Crippen LogP contribution < -0.4 is 10.2 Å². The van der Waals surface area contributed by atoms with Gasteiger partial charge in [0.25, 0.3) is 0 Å². The largest absolute Gasteiger partial charge is 0.366 e. The van der Waals surface area contributed by atoms with Gasteiger partial charge in [0.05, 0.1) is 17.9 Å². The van der Waals surface area contributed by atoms with Crippen molar-refractivity contribution in [3.05, 3.63) is 59.4 Å². The monoisotopic (exact) mass is 373 g/mol. The lowest BCUT2D eigenvalue weighted by molar-refractivity contribution is 0.370. The smallest absolute Gasteiger partial charge is 0.194 e. The quantitative estimate of drug-likeness (QED) is 0.661. The zero-order valence-electron chi connectivity index (χ0n) is 15.8. The number of rotatable bonds is 4. The molecule has 27 heavy (non-hydrogen) atoms. The number of aliphatic imine (C=N–C) groups is 1. The van der Waals surface area contributed by atoms with E-state index >= 15 is 0 Å². The Morgan fingerprint density at radius 2 is 1.96 bits per heavy atom. The Balaban J connectivity index is 1.67. The van der Waals surface area contributed by atoms with E-state index in [1.807, 2.05) is 30.9 Å². The van der Waals surface area contributed by atoms with Gasteiger partial charge in [0, 0.05) is 45.0 Å². The van der Waals surface area contributed by atoms with E-state index in [0.717, 1.165) is 29.8 Å². The van der Waals surface area contributed by atoms with Crippen LogP contribution in [0.3, 0.4) is 0 Å². The number of halogens is 2. The minimum absolute atomic E-state index is 0.320. The van der Waals surface area contributed by atoms with E-state index in [1.165, 1.54) is 12.1 Å². The zero-order chi connectivity index (χ0) is 19.2. The summed E-state index contributed by atoms with van der Waals surface area (Å²) >= 11 is 0. The molecule has 5 nitrogen and oxygen atoms in total. The van der Waals surface area contributed by atoms with Crippen molar-refractivity contribution >= 4 is 11.6 Å². The van der Waals surface area contributed by atoms with E-state index in [9.17, 15) is 8.78 Å². The van der Waals surface area contributed by atoms with Crippen LogP contribution in [0.2, 0.25) is 0 Å². The van der Waals surface area contributed by atoms with E-state index in [4.69, 9.17) is 4.99 Å². The van der Waals surface area contributed by atoms with Gasteiger partial charge >= 0.3 is 0 Å². The average molecular weight is 373 g/mol. The van der Waals surface area contributed by atoms with Crippen LogP contribution in [-0.2, 0) is 6.54 Å². The summed E-state index contributed by atoms with van der Waals surface area (Å²) < 4.78 is 27.5. The summed E-state index contributed by atoms with van der Waals surface area (Å²) in [6.45, 7) is 7.90. The molecule has 1 fully saturated rings. The third kappa shape index (κ3) is 4.72. The van der Waals surface area contributed by atoms with Crippen molar-refractivity contribution in [2.75, 3.05) is 37.6 Å². The van der Waals surface area contributed by atoms with Crippen molar-refractivity contribution in [3.63, 3.8) is 0 Å². The first kappa shape index (κ1) is 19.1. The molecule has 2 aromatic rings. The lowest BCUT2D eigenvalue weighted by Gasteiger charge is -2.37. The molecule has 0 spiro atoms. The van der Waals surface area contributed by atoms with E-state index in [2.05, 4.69) is 15.2 Å². The second-order valence-corrected chi connectivity index (χ2v) is 6.51. The molecule has 0 saturated carbocycles. The second kappa shape index (κ2) is 8.79. The Morgan fingerprint density at radius 3 is 2.67 bits per heavy atom. The van der Waals surface area contributed by atoms with Crippen molar-refractivity contribution in [1.82, 2.24) is 15.2 Å². The Kier molecular flexibility index (Phi) is 6.21. The van der Waals surface area contributed by atoms with Crippen LogP contribution in [0.25, 0.3) is 0 Å². The van der Waals surface area contributed by atoms with Crippen LogP contribution in [0.5, 0.6) is 0 Å². The summed E-state index contributed by atoms with van der Waals surface area (Å²) in [5, 5.41) is 3.31. The molecule has 1 aliphatic rings. The van der Waals surface area contributed by atoms with Gasteiger partial charge in [-0.15, -0.1) is 0 Å². The lowest BCUT2D eigenvalue weighted by Crippen LogP contribution is -2.52. The van der Waals surface area contributed by atoms with Crippen LogP contribution in [0.4, 0.5) is 14.5 Å². The zero-order valence-corrected chi connectivity index (χ0v) is 15.8. The number of aromatic nitrogens is 1. The Morgan fingerprint density at radius 1 is 1.19 bits per heavy atom. The van der Waals surface area contributed by atoms with Gasteiger partial charge < -0.3 is 15.1 Å². The maximum Gasteiger partial charge on any atom is 0.194 e. The van der Waals surface area contributed by atoms with Gasteiger partial charge in [-0.2, -0.15) is 0 Å². The molecule has 1 N–H and O–H groups in total.